The summed E-state index contributed by atoms with van der Waals surface area (Å²) in [6.45, 7) is 1.99. The van der Waals surface area contributed by atoms with E-state index < -0.39 is 12.0 Å². The highest BCUT2D eigenvalue weighted by atomic mass is 35.5. The number of halogens is 2. The molecule has 0 unspecified atom stereocenters. The third kappa shape index (κ3) is 3.59. The van der Waals surface area contributed by atoms with Crippen molar-refractivity contribution in [2.75, 3.05) is 0 Å². The van der Waals surface area contributed by atoms with Crippen LogP contribution in [0.25, 0.3) is 10.9 Å². The summed E-state index contributed by atoms with van der Waals surface area (Å²) in [4.78, 5) is 10.7. The maximum atomic E-state index is 10.7. The summed E-state index contributed by atoms with van der Waals surface area (Å²) in [6, 6.07) is 3.05. The van der Waals surface area contributed by atoms with Crippen LogP contribution in [-0.2, 0) is 18.3 Å². The Morgan fingerprint density at radius 1 is 1.47 bits per heavy atom. The molecule has 106 valence electrons. The standard InChI is InChI=1S/C12H15N3O2.2ClH/c1-7-3-8(5-10(13)12(16)17)4-9-6-14-15(2)11(7)9;;/h3-4,6,10H,5,13H2,1-2H3,(H,16,17);2*1H/t10-;;/m1../s1. The number of carbonyl (C=O) groups is 1. The second-order valence-corrected chi connectivity index (χ2v) is 4.27. The molecule has 0 amide bonds. The van der Waals surface area contributed by atoms with Gasteiger partial charge in [-0.05, 0) is 30.5 Å². The van der Waals surface area contributed by atoms with E-state index in [0.717, 1.165) is 22.0 Å². The van der Waals surface area contributed by atoms with Gasteiger partial charge in [-0.3, -0.25) is 9.48 Å². The van der Waals surface area contributed by atoms with Crippen molar-refractivity contribution in [2.24, 2.45) is 12.8 Å². The maximum absolute atomic E-state index is 10.7. The van der Waals surface area contributed by atoms with Crippen molar-refractivity contribution in [1.82, 2.24) is 9.78 Å². The average Bonchev–Trinajstić information content (AvgIpc) is 2.60. The second kappa shape index (κ2) is 6.75. The first kappa shape index (κ1) is 17.7. The third-order valence-corrected chi connectivity index (χ3v) is 2.86. The van der Waals surface area contributed by atoms with Crippen molar-refractivity contribution in [2.45, 2.75) is 19.4 Å². The number of hydrogen-bond acceptors (Lipinski definition) is 3. The zero-order valence-corrected chi connectivity index (χ0v) is 12.3. The van der Waals surface area contributed by atoms with E-state index in [1.165, 1.54) is 0 Å². The molecule has 0 saturated carbocycles. The highest BCUT2D eigenvalue weighted by molar-refractivity contribution is 5.85. The fourth-order valence-corrected chi connectivity index (χ4v) is 2.09. The molecule has 1 heterocycles. The van der Waals surface area contributed by atoms with E-state index in [4.69, 9.17) is 10.8 Å². The monoisotopic (exact) mass is 305 g/mol. The van der Waals surface area contributed by atoms with Crippen LogP contribution in [-0.4, -0.2) is 26.9 Å². The maximum Gasteiger partial charge on any atom is 0.320 e. The predicted molar refractivity (Wildman–Crippen MR) is 79.3 cm³/mol. The topological polar surface area (TPSA) is 81.1 Å². The van der Waals surface area contributed by atoms with E-state index in [9.17, 15) is 4.79 Å². The summed E-state index contributed by atoms with van der Waals surface area (Å²) >= 11 is 0. The molecule has 1 atom stereocenters. The molecule has 3 N–H and O–H groups in total. The van der Waals surface area contributed by atoms with Crippen LogP contribution in [0.3, 0.4) is 0 Å². The van der Waals surface area contributed by atoms with E-state index >= 15 is 0 Å². The van der Waals surface area contributed by atoms with Crippen molar-refractivity contribution in [3.63, 3.8) is 0 Å². The molecule has 0 aliphatic heterocycles. The molecule has 0 radical (unpaired) electrons. The van der Waals surface area contributed by atoms with Gasteiger partial charge in [-0.2, -0.15) is 5.10 Å². The number of hydrogen-bond donors (Lipinski definition) is 2. The average molecular weight is 306 g/mol. The number of carboxylic acid groups (broad SMARTS) is 1. The number of nitrogens with two attached hydrogens (primary N) is 1. The summed E-state index contributed by atoms with van der Waals surface area (Å²) in [5.41, 5.74) is 8.60. The van der Waals surface area contributed by atoms with E-state index in [-0.39, 0.29) is 24.8 Å². The minimum absolute atomic E-state index is 0. The lowest BCUT2D eigenvalue weighted by Crippen LogP contribution is -2.32. The van der Waals surface area contributed by atoms with Crippen LogP contribution < -0.4 is 5.73 Å². The van der Waals surface area contributed by atoms with E-state index in [2.05, 4.69) is 5.10 Å². The minimum atomic E-state index is -0.978. The van der Waals surface area contributed by atoms with Gasteiger partial charge < -0.3 is 10.8 Å². The molecule has 2 aromatic rings. The number of benzene rings is 1. The first-order valence-corrected chi connectivity index (χ1v) is 5.38. The number of aryl methyl sites for hydroxylation is 2. The predicted octanol–water partition coefficient (Wildman–Crippen LogP) is 1.68. The molecule has 0 saturated heterocycles. The van der Waals surface area contributed by atoms with Gasteiger partial charge in [0.25, 0.3) is 0 Å². The normalized spacial score (nSPS) is 11.5. The Kier molecular flexibility index (Phi) is 6.29. The molecule has 0 spiro atoms. The molecule has 0 bridgehead atoms. The Morgan fingerprint density at radius 3 is 2.68 bits per heavy atom. The van der Waals surface area contributed by atoms with Crippen LogP contribution >= 0.6 is 24.8 Å². The summed E-state index contributed by atoms with van der Waals surface area (Å²) in [5, 5.41) is 14.0. The van der Waals surface area contributed by atoms with Crippen molar-refractivity contribution in [3.8, 4) is 0 Å². The highest BCUT2D eigenvalue weighted by Gasteiger charge is 2.13. The SMILES string of the molecule is Cc1cc(C[C@@H](N)C(=O)O)cc2cnn(C)c12.Cl.Cl. The lowest BCUT2D eigenvalue weighted by Gasteiger charge is -2.08. The van der Waals surface area contributed by atoms with Gasteiger partial charge in [0.1, 0.15) is 6.04 Å². The fraction of sp³-hybridized carbons (Fsp3) is 0.333. The zero-order chi connectivity index (χ0) is 12.6. The second-order valence-electron chi connectivity index (χ2n) is 4.27. The third-order valence-electron chi connectivity index (χ3n) is 2.86. The lowest BCUT2D eigenvalue weighted by atomic mass is 10.0. The van der Waals surface area contributed by atoms with Crippen molar-refractivity contribution in [3.05, 3.63) is 29.5 Å². The molecule has 5 nitrogen and oxygen atoms in total. The van der Waals surface area contributed by atoms with Crippen LogP contribution in [0.2, 0.25) is 0 Å². The van der Waals surface area contributed by atoms with Crippen LogP contribution in [0.4, 0.5) is 0 Å². The van der Waals surface area contributed by atoms with Gasteiger partial charge in [-0.15, -0.1) is 24.8 Å². The molecule has 1 aromatic carbocycles. The van der Waals surface area contributed by atoms with Gasteiger partial charge in [0.2, 0.25) is 0 Å². The van der Waals surface area contributed by atoms with Crippen LogP contribution in [0.1, 0.15) is 11.1 Å². The molecular weight excluding hydrogens is 289 g/mol. The van der Waals surface area contributed by atoms with Gasteiger partial charge >= 0.3 is 5.97 Å². The molecule has 0 aliphatic rings. The number of carboxylic acids is 1. The number of nitrogens with zero attached hydrogens (tertiary/aromatic N) is 2. The van der Waals surface area contributed by atoms with Crippen LogP contribution in [0.15, 0.2) is 18.3 Å². The van der Waals surface area contributed by atoms with E-state index in [0.29, 0.717) is 6.42 Å². The smallest absolute Gasteiger partial charge is 0.320 e. The quantitative estimate of drug-likeness (QED) is 0.904. The first-order chi connectivity index (χ1) is 7.99. The van der Waals surface area contributed by atoms with E-state index in [1.807, 2.05) is 30.8 Å². The van der Waals surface area contributed by atoms with Gasteiger partial charge in [0, 0.05) is 12.4 Å². The van der Waals surface area contributed by atoms with Crippen LogP contribution in [0, 0.1) is 6.92 Å². The lowest BCUT2D eigenvalue weighted by molar-refractivity contribution is -0.138. The summed E-state index contributed by atoms with van der Waals surface area (Å²) in [6.07, 6.45) is 2.11. The number of rotatable bonds is 3. The molecule has 0 aliphatic carbocycles. The summed E-state index contributed by atoms with van der Waals surface area (Å²) < 4.78 is 1.81. The molecule has 0 fully saturated rings. The summed E-state index contributed by atoms with van der Waals surface area (Å²) in [5.74, 6) is -0.978. The molecule has 7 heteroatoms. The number of fused-ring (bicyclic) bond motifs is 1. The number of aromatic nitrogens is 2. The van der Waals surface area contributed by atoms with Crippen molar-refractivity contribution >= 4 is 41.7 Å². The molecule has 1 aromatic heterocycles. The first-order valence-electron chi connectivity index (χ1n) is 5.38. The van der Waals surface area contributed by atoms with E-state index in [1.54, 1.807) is 6.20 Å². The van der Waals surface area contributed by atoms with Gasteiger partial charge in [-0.1, -0.05) is 6.07 Å². The fourth-order valence-electron chi connectivity index (χ4n) is 2.09. The summed E-state index contributed by atoms with van der Waals surface area (Å²) in [7, 11) is 1.89. The van der Waals surface area contributed by atoms with Gasteiger partial charge in [0.15, 0.2) is 0 Å². The molecule has 2 rings (SSSR count). The minimum Gasteiger partial charge on any atom is -0.480 e. The number of aliphatic carboxylic acids is 1. The van der Waals surface area contributed by atoms with Crippen LogP contribution in [0.5, 0.6) is 0 Å². The highest BCUT2D eigenvalue weighted by Crippen LogP contribution is 2.20. The van der Waals surface area contributed by atoms with Gasteiger partial charge in [-0.25, -0.2) is 0 Å². The Morgan fingerprint density at radius 2 is 2.11 bits per heavy atom. The largest absolute Gasteiger partial charge is 0.480 e. The Balaban J connectivity index is 0.00000162. The van der Waals surface area contributed by atoms with Crippen molar-refractivity contribution < 1.29 is 9.90 Å². The Labute approximate surface area is 123 Å². The zero-order valence-electron chi connectivity index (χ0n) is 10.7. The van der Waals surface area contributed by atoms with Gasteiger partial charge in [0.05, 0.1) is 11.7 Å². The molecular formula is C12H17Cl2N3O2. The molecule has 19 heavy (non-hydrogen) atoms. The Hall–Kier alpha value is -1.30. The van der Waals surface area contributed by atoms with Crippen molar-refractivity contribution in [1.29, 1.82) is 0 Å². The Bertz CT molecular complexity index is 584.